The molecule has 0 spiro atoms. The minimum absolute atomic E-state index is 0.00517. The molecule has 2 rings (SSSR count). The number of hydrogen-bond acceptors (Lipinski definition) is 2. The third-order valence-electron chi connectivity index (χ3n) is 4.06. The molecular formula is C17H20FNO3. The third kappa shape index (κ3) is 4.69. The van der Waals surface area contributed by atoms with E-state index in [-0.39, 0.29) is 23.6 Å². The zero-order chi connectivity index (χ0) is 15.9. The summed E-state index contributed by atoms with van der Waals surface area (Å²) in [6.07, 6.45) is 6.44. The summed E-state index contributed by atoms with van der Waals surface area (Å²) in [6, 6.07) is 5.83. The molecule has 2 atom stereocenters. The standard InChI is InChI=1S/C17H20FNO3/c18-14-8-5-12(6-9-14)7-10-16(20)19-11-13-3-1-2-4-15(13)17(21)22/h5-10,13,15H,1-4,11H2,(H,19,20)(H,21,22)/b10-7+/t13-,15-/m0/s1. The van der Waals surface area contributed by atoms with Crippen LogP contribution in [0.1, 0.15) is 31.2 Å². The molecule has 1 saturated carbocycles. The Morgan fingerprint density at radius 2 is 1.91 bits per heavy atom. The number of carbonyl (C=O) groups is 2. The number of aliphatic carboxylic acids is 1. The SMILES string of the molecule is O=C(/C=C/c1ccc(F)cc1)NC[C@@H]1CCCC[C@@H]1C(=O)O. The number of carboxylic acid groups (broad SMARTS) is 1. The molecule has 1 fully saturated rings. The molecule has 1 aliphatic carbocycles. The zero-order valence-electron chi connectivity index (χ0n) is 12.3. The predicted octanol–water partition coefficient (Wildman–Crippen LogP) is 2.85. The van der Waals surface area contributed by atoms with Crippen LogP contribution in [0.5, 0.6) is 0 Å². The zero-order valence-corrected chi connectivity index (χ0v) is 12.3. The van der Waals surface area contributed by atoms with E-state index < -0.39 is 5.97 Å². The maximum atomic E-state index is 12.8. The van der Waals surface area contributed by atoms with Crippen LogP contribution in [-0.2, 0) is 9.59 Å². The summed E-state index contributed by atoms with van der Waals surface area (Å²) in [7, 11) is 0. The largest absolute Gasteiger partial charge is 0.481 e. The summed E-state index contributed by atoms with van der Waals surface area (Å²) in [5.74, 6) is -1.73. The van der Waals surface area contributed by atoms with Crippen molar-refractivity contribution in [3.05, 3.63) is 41.7 Å². The summed E-state index contributed by atoms with van der Waals surface area (Å²) < 4.78 is 12.8. The van der Waals surface area contributed by atoms with E-state index in [1.165, 1.54) is 18.2 Å². The van der Waals surface area contributed by atoms with Gasteiger partial charge in [0, 0.05) is 12.6 Å². The fourth-order valence-corrected chi connectivity index (χ4v) is 2.81. The predicted molar refractivity (Wildman–Crippen MR) is 81.5 cm³/mol. The van der Waals surface area contributed by atoms with Gasteiger partial charge in [-0.2, -0.15) is 0 Å². The Bertz CT molecular complexity index is 554. The van der Waals surface area contributed by atoms with Gasteiger partial charge in [-0.3, -0.25) is 9.59 Å². The first-order valence-corrected chi connectivity index (χ1v) is 7.50. The fraction of sp³-hybridized carbons (Fsp3) is 0.412. The number of nitrogens with one attached hydrogen (secondary N) is 1. The molecular weight excluding hydrogens is 285 g/mol. The quantitative estimate of drug-likeness (QED) is 0.822. The van der Waals surface area contributed by atoms with E-state index in [9.17, 15) is 19.1 Å². The van der Waals surface area contributed by atoms with Gasteiger partial charge in [0.1, 0.15) is 5.82 Å². The van der Waals surface area contributed by atoms with Crippen molar-refractivity contribution in [1.82, 2.24) is 5.32 Å². The lowest BCUT2D eigenvalue weighted by Crippen LogP contribution is -2.36. The Balaban J connectivity index is 1.84. The Kier molecular flexibility index (Phi) is 5.69. The first-order valence-electron chi connectivity index (χ1n) is 7.50. The molecule has 1 aliphatic rings. The number of halogens is 1. The summed E-state index contributed by atoms with van der Waals surface area (Å²) >= 11 is 0. The second-order valence-electron chi connectivity index (χ2n) is 5.62. The molecule has 1 aromatic carbocycles. The van der Waals surface area contributed by atoms with Crippen LogP contribution in [0, 0.1) is 17.7 Å². The summed E-state index contributed by atoms with van der Waals surface area (Å²) in [5.41, 5.74) is 0.734. The van der Waals surface area contributed by atoms with Gasteiger partial charge in [-0.05, 0) is 42.5 Å². The molecule has 0 bridgehead atoms. The average Bonchev–Trinajstić information content (AvgIpc) is 2.52. The number of carboxylic acids is 1. The van der Waals surface area contributed by atoms with Gasteiger partial charge in [0.25, 0.3) is 0 Å². The average molecular weight is 305 g/mol. The van der Waals surface area contributed by atoms with E-state index >= 15 is 0 Å². The van der Waals surface area contributed by atoms with Crippen molar-refractivity contribution < 1.29 is 19.1 Å². The molecule has 2 N–H and O–H groups in total. The molecule has 22 heavy (non-hydrogen) atoms. The second-order valence-corrected chi connectivity index (χ2v) is 5.62. The van der Waals surface area contributed by atoms with Crippen LogP contribution in [-0.4, -0.2) is 23.5 Å². The van der Waals surface area contributed by atoms with Gasteiger partial charge in [-0.1, -0.05) is 25.0 Å². The number of hydrogen-bond donors (Lipinski definition) is 2. The van der Waals surface area contributed by atoms with Crippen molar-refractivity contribution in [3.63, 3.8) is 0 Å². The van der Waals surface area contributed by atoms with Crippen LogP contribution in [0.25, 0.3) is 6.08 Å². The molecule has 0 saturated heterocycles. The van der Waals surface area contributed by atoms with Crippen molar-refractivity contribution in [2.75, 3.05) is 6.54 Å². The molecule has 118 valence electrons. The molecule has 1 amide bonds. The smallest absolute Gasteiger partial charge is 0.306 e. The lowest BCUT2D eigenvalue weighted by molar-refractivity contribution is -0.145. The summed E-state index contributed by atoms with van der Waals surface area (Å²) in [4.78, 5) is 23.0. The lowest BCUT2D eigenvalue weighted by atomic mass is 9.79. The number of rotatable bonds is 5. The van der Waals surface area contributed by atoms with E-state index in [0.29, 0.717) is 13.0 Å². The number of carbonyl (C=O) groups excluding carboxylic acids is 1. The van der Waals surface area contributed by atoms with Gasteiger partial charge >= 0.3 is 5.97 Å². The highest BCUT2D eigenvalue weighted by Gasteiger charge is 2.30. The normalized spacial score (nSPS) is 21.7. The van der Waals surface area contributed by atoms with E-state index in [0.717, 1.165) is 24.8 Å². The van der Waals surface area contributed by atoms with Crippen LogP contribution in [0.4, 0.5) is 4.39 Å². The molecule has 0 radical (unpaired) electrons. The topological polar surface area (TPSA) is 66.4 Å². The minimum atomic E-state index is -0.777. The van der Waals surface area contributed by atoms with Gasteiger partial charge in [-0.15, -0.1) is 0 Å². The molecule has 0 aromatic heterocycles. The van der Waals surface area contributed by atoms with Crippen molar-refractivity contribution in [1.29, 1.82) is 0 Å². The maximum absolute atomic E-state index is 12.8. The van der Waals surface area contributed by atoms with Gasteiger partial charge < -0.3 is 10.4 Å². The summed E-state index contributed by atoms with van der Waals surface area (Å²) in [6.45, 7) is 0.379. The van der Waals surface area contributed by atoms with E-state index in [2.05, 4.69) is 5.32 Å². The molecule has 0 heterocycles. The van der Waals surface area contributed by atoms with Crippen LogP contribution in [0.15, 0.2) is 30.3 Å². The Labute approximate surface area is 129 Å². The van der Waals surface area contributed by atoms with Crippen molar-refractivity contribution in [3.8, 4) is 0 Å². The van der Waals surface area contributed by atoms with Crippen LogP contribution < -0.4 is 5.32 Å². The first kappa shape index (κ1) is 16.2. The molecule has 0 aliphatic heterocycles. The second kappa shape index (κ2) is 7.73. The Morgan fingerprint density at radius 1 is 1.23 bits per heavy atom. The maximum Gasteiger partial charge on any atom is 0.306 e. The third-order valence-corrected chi connectivity index (χ3v) is 4.06. The van der Waals surface area contributed by atoms with E-state index in [1.807, 2.05) is 0 Å². The van der Waals surface area contributed by atoms with Gasteiger partial charge in [-0.25, -0.2) is 4.39 Å². The molecule has 5 heteroatoms. The van der Waals surface area contributed by atoms with Gasteiger partial charge in [0.05, 0.1) is 5.92 Å². The lowest BCUT2D eigenvalue weighted by Gasteiger charge is -2.28. The highest BCUT2D eigenvalue weighted by molar-refractivity contribution is 5.91. The number of benzene rings is 1. The fourth-order valence-electron chi connectivity index (χ4n) is 2.81. The van der Waals surface area contributed by atoms with Crippen molar-refractivity contribution in [2.45, 2.75) is 25.7 Å². The van der Waals surface area contributed by atoms with E-state index in [1.54, 1.807) is 18.2 Å². The highest BCUT2D eigenvalue weighted by atomic mass is 19.1. The van der Waals surface area contributed by atoms with Gasteiger partial charge in [0.2, 0.25) is 5.91 Å². The Hall–Kier alpha value is -2.17. The monoisotopic (exact) mass is 305 g/mol. The van der Waals surface area contributed by atoms with Crippen LogP contribution in [0.3, 0.4) is 0 Å². The first-order chi connectivity index (χ1) is 10.6. The van der Waals surface area contributed by atoms with E-state index in [4.69, 9.17) is 0 Å². The van der Waals surface area contributed by atoms with Crippen LogP contribution in [0.2, 0.25) is 0 Å². The highest BCUT2D eigenvalue weighted by Crippen LogP contribution is 2.29. The molecule has 0 unspecified atom stereocenters. The van der Waals surface area contributed by atoms with Gasteiger partial charge in [0.15, 0.2) is 0 Å². The summed E-state index contributed by atoms with van der Waals surface area (Å²) in [5, 5.41) is 11.9. The van der Waals surface area contributed by atoms with Crippen molar-refractivity contribution in [2.24, 2.45) is 11.8 Å². The molecule has 4 nitrogen and oxygen atoms in total. The molecule has 1 aromatic rings. The minimum Gasteiger partial charge on any atom is -0.481 e. The van der Waals surface area contributed by atoms with Crippen LogP contribution >= 0.6 is 0 Å². The number of amides is 1. The Morgan fingerprint density at radius 3 is 2.59 bits per heavy atom. The van der Waals surface area contributed by atoms with Crippen molar-refractivity contribution >= 4 is 18.0 Å².